The molecule has 0 bridgehead atoms. The second kappa shape index (κ2) is 6.56. The Morgan fingerprint density at radius 1 is 1.17 bits per heavy atom. The van der Waals surface area contributed by atoms with E-state index in [1.807, 2.05) is 6.92 Å². The molecule has 1 unspecified atom stereocenters. The summed E-state index contributed by atoms with van der Waals surface area (Å²) in [6.07, 6.45) is 0.000455. The van der Waals surface area contributed by atoms with Gasteiger partial charge in [0.25, 0.3) is 5.91 Å². The first-order valence-electron chi connectivity index (χ1n) is 8.39. The van der Waals surface area contributed by atoms with Crippen molar-refractivity contribution in [1.29, 1.82) is 0 Å². The van der Waals surface area contributed by atoms with Crippen LogP contribution in [-0.2, 0) is 11.2 Å². The van der Waals surface area contributed by atoms with E-state index in [1.54, 1.807) is 23.1 Å². The normalized spacial score (nSPS) is 16.9. The minimum absolute atomic E-state index is 0.0662. The number of nitrogens with zero attached hydrogens (tertiary/aromatic N) is 1. The summed E-state index contributed by atoms with van der Waals surface area (Å²) in [5.74, 6) is 1.19. The van der Waals surface area contributed by atoms with Gasteiger partial charge >= 0.3 is 0 Å². The molecule has 2 aromatic carbocycles. The summed E-state index contributed by atoms with van der Waals surface area (Å²) < 4.78 is 5.91. The fraction of sp³-hybridized carbons (Fsp3) is 0.350. The van der Waals surface area contributed by atoms with Crippen LogP contribution in [0.5, 0.6) is 11.5 Å². The Balaban J connectivity index is 1.84. The zero-order valence-electron chi connectivity index (χ0n) is 14.3. The molecule has 2 aromatic rings. The van der Waals surface area contributed by atoms with Gasteiger partial charge in [0.15, 0.2) is 6.10 Å². The molecule has 0 saturated carbocycles. The Morgan fingerprint density at radius 2 is 1.88 bits per heavy atom. The predicted molar refractivity (Wildman–Crippen MR) is 94.8 cm³/mol. The van der Waals surface area contributed by atoms with E-state index in [-0.39, 0.29) is 11.7 Å². The van der Waals surface area contributed by atoms with E-state index in [0.717, 1.165) is 5.56 Å². The number of benzene rings is 2. The lowest BCUT2D eigenvalue weighted by atomic mass is 9.99. The number of aromatic hydroxyl groups is 1. The average molecular weight is 325 g/mol. The van der Waals surface area contributed by atoms with Crippen LogP contribution in [0.25, 0.3) is 0 Å². The van der Waals surface area contributed by atoms with Crippen molar-refractivity contribution in [2.24, 2.45) is 0 Å². The highest BCUT2D eigenvalue weighted by molar-refractivity contribution is 6.00. The van der Waals surface area contributed by atoms with Crippen LogP contribution >= 0.6 is 0 Å². The third-order valence-corrected chi connectivity index (χ3v) is 4.43. The molecule has 126 valence electrons. The summed E-state index contributed by atoms with van der Waals surface area (Å²) in [6, 6.07) is 13.2. The van der Waals surface area contributed by atoms with Crippen molar-refractivity contribution in [3.63, 3.8) is 0 Å². The number of phenolic OH excluding ortho intramolecular Hbond substituents is 1. The summed E-state index contributed by atoms with van der Waals surface area (Å²) in [5.41, 5.74) is 3.00. The summed E-state index contributed by atoms with van der Waals surface area (Å²) >= 11 is 0. The first-order valence-corrected chi connectivity index (χ1v) is 8.39. The van der Waals surface area contributed by atoms with Crippen LogP contribution < -0.4 is 9.64 Å². The van der Waals surface area contributed by atoms with E-state index >= 15 is 0 Å². The van der Waals surface area contributed by atoms with Gasteiger partial charge in [-0.3, -0.25) is 4.79 Å². The molecule has 4 nitrogen and oxygen atoms in total. The summed E-state index contributed by atoms with van der Waals surface area (Å²) in [7, 11) is 0. The molecular formula is C20H23NO3. The van der Waals surface area contributed by atoms with Gasteiger partial charge in [-0.05, 0) is 36.1 Å². The number of hydrogen-bond acceptors (Lipinski definition) is 3. The molecular weight excluding hydrogens is 302 g/mol. The molecule has 0 fully saturated rings. The number of anilines is 1. The van der Waals surface area contributed by atoms with E-state index in [1.165, 1.54) is 5.56 Å². The van der Waals surface area contributed by atoms with Crippen molar-refractivity contribution < 1.29 is 14.6 Å². The van der Waals surface area contributed by atoms with Crippen LogP contribution in [-0.4, -0.2) is 23.7 Å². The molecule has 0 aromatic heterocycles. The van der Waals surface area contributed by atoms with Crippen molar-refractivity contribution in [1.82, 2.24) is 0 Å². The van der Waals surface area contributed by atoms with Crippen molar-refractivity contribution >= 4 is 11.6 Å². The molecule has 1 amide bonds. The predicted octanol–water partition coefficient (Wildman–Crippen LogP) is 3.87. The monoisotopic (exact) mass is 325 g/mol. The maximum Gasteiger partial charge on any atom is 0.268 e. The first-order chi connectivity index (χ1) is 11.5. The smallest absolute Gasteiger partial charge is 0.268 e. The van der Waals surface area contributed by atoms with E-state index in [4.69, 9.17) is 4.74 Å². The summed E-state index contributed by atoms with van der Waals surface area (Å²) in [5, 5.41) is 9.67. The number of carbonyl (C=O) groups excluding carboxylic acids is 1. The lowest BCUT2D eigenvalue weighted by molar-refractivity contribution is -0.126. The number of carbonyl (C=O) groups is 1. The lowest BCUT2D eigenvalue weighted by Crippen LogP contribution is -2.46. The Labute approximate surface area is 142 Å². The molecule has 1 aliphatic heterocycles. The van der Waals surface area contributed by atoms with Crippen molar-refractivity contribution in [3.8, 4) is 11.5 Å². The maximum atomic E-state index is 12.7. The molecule has 1 heterocycles. The number of amides is 1. The quantitative estimate of drug-likeness (QED) is 0.928. The Bertz CT molecular complexity index is 737. The van der Waals surface area contributed by atoms with Crippen LogP contribution in [0, 0.1) is 0 Å². The standard InChI is InChI=1S/C20H23NO3/c1-4-21-17-12-16(22)9-10-18(17)24-19(20(21)23)11-14-5-7-15(8-6-14)13(2)3/h5-10,12-13,19,22H,4,11H2,1-3H3. The first kappa shape index (κ1) is 16.4. The van der Waals surface area contributed by atoms with Crippen LogP contribution in [0.1, 0.15) is 37.8 Å². The molecule has 4 heteroatoms. The highest BCUT2D eigenvalue weighted by atomic mass is 16.5. The molecule has 3 rings (SSSR count). The lowest BCUT2D eigenvalue weighted by Gasteiger charge is -2.34. The molecule has 24 heavy (non-hydrogen) atoms. The molecule has 0 aliphatic carbocycles. The number of hydrogen-bond donors (Lipinski definition) is 1. The van der Waals surface area contributed by atoms with E-state index < -0.39 is 6.10 Å². The van der Waals surface area contributed by atoms with Crippen LogP contribution in [0.4, 0.5) is 5.69 Å². The molecule has 1 aliphatic rings. The SMILES string of the molecule is CCN1C(=O)C(Cc2ccc(C(C)C)cc2)Oc2ccc(O)cc21. The van der Waals surface area contributed by atoms with Crippen molar-refractivity contribution in [3.05, 3.63) is 53.6 Å². The van der Waals surface area contributed by atoms with Gasteiger partial charge in [0.05, 0.1) is 5.69 Å². The van der Waals surface area contributed by atoms with Gasteiger partial charge in [-0.25, -0.2) is 0 Å². The van der Waals surface area contributed by atoms with Crippen LogP contribution in [0.15, 0.2) is 42.5 Å². The van der Waals surface area contributed by atoms with Gasteiger partial charge in [0, 0.05) is 19.0 Å². The summed E-state index contributed by atoms with van der Waals surface area (Å²) in [4.78, 5) is 14.4. The number of likely N-dealkylation sites (N-methyl/N-ethyl adjacent to an activating group) is 1. The fourth-order valence-corrected chi connectivity index (χ4v) is 3.02. The highest BCUT2D eigenvalue weighted by Gasteiger charge is 2.33. The molecule has 1 N–H and O–H groups in total. The van der Waals surface area contributed by atoms with Gasteiger partial charge < -0.3 is 14.7 Å². The van der Waals surface area contributed by atoms with Gasteiger partial charge in [-0.1, -0.05) is 38.1 Å². The third kappa shape index (κ3) is 3.09. The zero-order valence-corrected chi connectivity index (χ0v) is 14.3. The number of ether oxygens (including phenoxy) is 1. The van der Waals surface area contributed by atoms with Gasteiger partial charge in [0.1, 0.15) is 11.5 Å². The number of rotatable bonds is 4. The summed E-state index contributed by atoms with van der Waals surface area (Å²) in [6.45, 7) is 6.79. The number of fused-ring (bicyclic) bond motifs is 1. The molecule has 0 radical (unpaired) electrons. The largest absolute Gasteiger partial charge is 0.508 e. The van der Waals surface area contributed by atoms with Gasteiger partial charge in [-0.15, -0.1) is 0 Å². The van der Waals surface area contributed by atoms with Crippen molar-refractivity contribution in [2.45, 2.75) is 39.2 Å². The molecule has 1 atom stereocenters. The topological polar surface area (TPSA) is 49.8 Å². The Kier molecular flexibility index (Phi) is 4.47. The van der Waals surface area contributed by atoms with Crippen LogP contribution in [0.2, 0.25) is 0 Å². The van der Waals surface area contributed by atoms with E-state index in [9.17, 15) is 9.90 Å². The molecule has 0 saturated heterocycles. The highest BCUT2D eigenvalue weighted by Crippen LogP contribution is 2.37. The second-order valence-corrected chi connectivity index (χ2v) is 6.44. The fourth-order valence-electron chi connectivity index (χ4n) is 3.02. The Hall–Kier alpha value is -2.49. The maximum absolute atomic E-state index is 12.7. The minimum Gasteiger partial charge on any atom is -0.508 e. The second-order valence-electron chi connectivity index (χ2n) is 6.44. The Morgan fingerprint density at radius 3 is 2.50 bits per heavy atom. The van der Waals surface area contributed by atoms with Gasteiger partial charge in [-0.2, -0.15) is 0 Å². The zero-order chi connectivity index (χ0) is 17.3. The van der Waals surface area contributed by atoms with E-state index in [0.29, 0.717) is 30.3 Å². The van der Waals surface area contributed by atoms with Gasteiger partial charge in [0.2, 0.25) is 0 Å². The average Bonchev–Trinajstić information content (AvgIpc) is 2.56. The third-order valence-electron chi connectivity index (χ3n) is 4.43. The van der Waals surface area contributed by atoms with E-state index in [2.05, 4.69) is 38.1 Å². The van der Waals surface area contributed by atoms with Crippen LogP contribution in [0.3, 0.4) is 0 Å². The minimum atomic E-state index is -0.535. The number of phenols is 1. The molecule has 0 spiro atoms. The van der Waals surface area contributed by atoms with Crippen molar-refractivity contribution in [2.75, 3.05) is 11.4 Å².